The molecule has 8 heteroatoms. The van der Waals surface area contributed by atoms with Crippen LogP contribution in [0, 0.1) is 15.9 Å². The third-order valence-corrected chi connectivity index (χ3v) is 2.56. The van der Waals surface area contributed by atoms with Gasteiger partial charge in [-0.15, -0.1) is 0 Å². The molecule has 0 unspecified atom stereocenters. The lowest BCUT2D eigenvalue weighted by Gasteiger charge is -2.06. The van der Waals surface area contributed by atoms with Crippen LogP contribution in [0.4, 0.5) is 21.7 Å². The number of benzene rings is 1. The third-order valence-electron chi connectivity index (χ3n) is 2.27. The Morgan fingerprint density at radius 2 is 2.28 bits per heavy atom. The second-order valence-electron chi connectivity index (χ2n) is 3.54. The molecule has 1 N–H and O–H groups in total. The summed E-state index contributed by atoms with van der Waals surface area (Å²) in [6, 6.07) is 3.94. The summed E-state index contributed by atoms with van der Waals surface area (Å²) in [5, 5.41) is 13.5. The summed E-state index contributed by atoms with van der Waals surface area (Å²) >= 11 is 5.62. The zero-order valence-corrected chi connectivity index (χ0v) is 9.98. The van der Waals surface area contributed by atoms with Crippen LogP contribution in [0.2, 0.25) is 5.02 Å². The highest BCUT2D eigenvalue weighted by atomic mass is 35.5. The van der Waals surface area contributed by atoms with E-state index in [9.17, 15) is 14.5 Å². The van der Waals surface area contributed by atoms with Gasteiger partial charge in [0, 0.05) is 12.7 Å². The lowest BCUT2D eigenvalue weighted by atomic mass is 10.3. The Morgan fingerprint density at radius 3 is 2.89 bits per heavy atom. The van der Waals surface area contributed by atoms with E-state index < -0.39 is 10.7 Å². The molecular formula is C10H8ClFN4O2. The van der Waals surface area contributed by atoms with E-state index in [-0.39, 0.29) is 16.7 Å². The predicted molar refractivity (Wildman–Crippen MR) is 64.6 cm³/mol. The third kappa shape index (κ3) is 2.25. The quantitative estimate of drug-likeness (QED) is 0.687. The first-order chi connectivity index (χ1) is 8.49. The van der Waals surface area contributed by atoms with Gasteiger partial charge in [0.25, 0.3) is 0 Å². The molecular weight excluding hydrogens is 263 g/mol. The predicted octanol–water partition coefficient (Wildman–Crippen LogP) is 2.86. The zero-order chi connectivity index (χ0) is 13.3. The number of rotatable bonds is 3. The molecule has 0 aliphatic carbocycles. The number of hydrogen-bond acceptors (Lipinski definition) is 4. The van der Waals surface area contributed by atoms with Crippen molar-refractivity contribution in [3.63, 3.8) is 0 Å². The largest absolute Gasteiger partial charge is 0.406 e. The first-order valence-electron chi connectivity index (χ1n) is 4.87. The molecule has 6 nitrogen and oxygen atoms in total. The average molecular weight is 271 g/mol. The first-order valence-corrected chi connectivity index (χ1v) is 5.24. The van der Waals surface area contributed by atoms with E-state index in [4.69, 9.17) is 11.6 Å². The smallest absolute Gasteiger partial charge is 0.358 e. The number of nitrogens with one attached hydrogen (secondary N) is 1. The van der Waals surface area contributed by atoms with Gasteiger partial charge in [0.1, 0.15) is 5.82 Å². The van der Waals surface area contributed by atoms with Crippen molar-refractivity contribution in [1.29, 1.82) is 0 Å². The first kappa shape index (κ1) is 12.3. The Morgan fingerprint density at radius 1 is 1.56 bits per heavy atom. The summed E-state index contributed by atoms with van der Waals surface area (Å²) < 4.78 is 14.4. The number of aromatic nitrogens is 2. The van der Waals surface area contributed by atoms with Crippen LogP contribution >= 0.6 is 11.6 Å². The molecule has 0 aliphatic heterocycles. The Balaban J connectivity index is 2.36. The molecule has 0 fully saturated rings. The minimum absolute atomic E-state index is 0.0650. The van der Waals surface area contributed by atoms with Crippen molar-refractivity contribution in [2.75, 3.05) is 5.32 Å². The molecule has 0 saturated carbocycles. The maximum Gasteiger partial charge on any atom is 0.406 e. The van der Waals surface area contributed by atoms with E-state index in [1.54, 1.807) is 7.05 Å². The van der Waals surface area contributed by atoms with Crippen molar-refractivity contribution >= 4 is 28.9 Å². The van der Waals surface area contributed by atoms with Gasteiger partial charge >= 0.3 is 5.82 Å². The Kier molecular flexibility index (Phi) is 3.15. The van der Waals surface area contributed by atoms with Crippen LogP contribution in [-0.4, -0.2) is 14.5 Å². The van der Waals surface area contributed by atoms with Crippen LogP contribution in [-0.2, 0) is 7.05 Å². The van der Waals surface area contributed by atoms with E-state index in [2.05, 4.69) is 10.3 Å². The van der Waals surface area contributed by atoms with Crippen molar-refractivity contribution in [3.05, 3.63) is 45.5 Å². The minimum Gasteiger partial charge on any atom is -0.358 e. The van der Waals surface area contributed by atoms with E-state index in [0.717, 1.165) is 0 Å². The monoisotopic (exact) mass is 270 g/mol. The van der Waals surface area contributed by atoms with Crippen LogP contribution in [0.25, 0.3) is 0 Å². The Hall–Kier alpha value is -2.15. The summed E-state index contributed by atoms with van der Waals surface area (Å²) in [7, 11) is 1.60. The molecule has 18 heavy (non-hydrogen) atoms. The fourth-order valence-electron chi connectivity index (χ4n) is 1.41. The molecule has 0 radical (unpaired) electrons. The van der Waals surface area contributed by atoms with Gasteiger partial charge in [-0.3, -0.25) is 4.57 Å². The molecule has 0 spiro atoms. The molecule has 0 saturated heterocycles. The normalized spacial score (nSPS) is 10.4. The summed E-state index contributed by atoms with van der Waals surface area (Å²) in [6.45, 7) is 0. The molecule has 0 amide bonds. The van der Waals surface area contributed by atoms with Gasteiger partial charge in [0.15, 0.2) is 0 Å². The van der Waals surface area contributed by atoms with Gasteiger partial charge in [-0.1, -0.05) is 11.6 Å². The second-order valence-corrected chi connectivity index (χ2v) is 3.95. The fourth-order valence-corrected chi connectivity index (χ4v) is 1.59. The van der Waals surface area contributed by atoms with E-state index in [0.29, 0.717) is 5.69 Å². The molecule has 1 aromatic carbocycles. The molecule has 0 bridgehead atoms. The number of imidazole rings is 1. The van der Waals surface area contributed by atoms with Crippen LogP contribution in [0.3, 0.4) is 0 Å². The molecule has 2 aromatic rings. The highest BCUT2D eigenvalue weighted by molar-refractivity contribution is 6.31. The van der Waals surface area contributed by atoms with Crippen molar-refractivity contribution in [3.8, 4) is 0 Å². The number of hydrogen-bond donors (Lipinski definition) is 1. The summed E-state index contributed by atoms with van der Waals surface area (Å²) in [4.78, 5) is 13.8. The number of anilines is 2. The minimum atomic E-state index is -0.604. The number of aryl methyl sites for hydroxylation is 1. The lowest BCUT2D eigenvalue weighted by Crippen LogP contribution is -2.00. The highest BCUT2D eigenvalue weighted by Gasteiger charge is 2.20. The molecule has 0 atom stereocenters. The zero-order valence-electron chi connectivity index (χ0n) is 9.22. The van der Waals surface area contributed by atoms with E-state index in [1.165, 1.54) is 29.1 Å². The maximum atomic E-state index is 13.0. The van der Waals surface area contributed by atoms with Crippen molar-refractivity contribution in [2.24, 2.45) is 7.05 Å². The lowest BCUT2D eigenvalue weighted by molar-refractivity contribution is -0.388. The molecule has 0 aliphatic rings. The van der Waals surface area contributed by atoms with Gasteiger partial charge in [-0.25, -0.2) is 4.39 Å². The van der Waals surface area contributed by atoms with E-state index in [1.807, 2.05) is 0 Å². The maximum absolute atomic E-state index is 13.0. The summed E-state index contributed by atoms with van der Waals surface area (Å²) in [5.74, 6) is -0.664. The average Bonchev–Trinajstić information content (AvgIpc) is 2.66. The van der Waals surface area contributed by atoms with Gasteiger partial charge < -0.3 is 15.4 Å². The van der Waals surface area contributed by atoms with Gasteiger partial charge in [-0.05, 0) is 28.1 Å². The molecule has 94 valence electrons. The van der Waals surface area contributed by atoms with Crippen molar-refractivity contribution in [1.82, 2.24) is 9.55 Å². The highest BCUT2D eigenvalue weighted by Crippen LogP contribution is 2.27. The van der Waals surface area contributed by atoms with Gasteiger partial charge in [-0.2, -0.15) is 0 Å². The second kappa shape index (κ2) is 4.61. The topological polar surface area (TPSA) is 73.0 Å². The van der Waals surface area contributed by atoms with Crippen LogP contribution in [0.1, 0.15) is 0 Å². The van der Waals surface area contributed by atoms with Gasteiger partial charge in [0.05, 0.1) is 5.02 Å². The Labute approximate surface area is 106 Å². The molecule has 1 heterocycles. The van der Waals surface area contributed by atoms with E-state index >= 15 is 0 Å². The molecule has 2 rings (SSSR count). The summed E-state index contributed by atoms with van der Waals surface area (Å²) in [5.41, 5.74) is 0.438. The Bertz CT molecular complexity index is 614. The number of nitrogens with zero attached hydrogens (tertiary/aromatic N) is 3. The molecule has 1 aromatic heterocycles. The fraction of sp³-hybridized carbons (Fsp3) is 0.100. The number of nitro groups is 1. The van der Waals surface area contributed by atoms with Gasteiger partial charge in [0.2, 0.25) is 12.1 Å². The van der Waals surface area contributed by atoms with Crippen molar-refractivity contribution in [2.45, 2.75) is 0 Å². The standard InChI is InChI=1S/C10H8ClFN4O2/c1-15-5-13-9(16(17)18)10(15)14-6-2-3-8(12)7(11)4-6/h2-5,14H,1H3. The van der Waals surface area contributed by atoms with Crippen LogP contribution in [0.15, 0.2) is 24.5 Å². The summed E-state index contributed by atoms with van der Waals surface area (Å²) in [6.07, 6.45) is 1.31. The van der Waals surface area contributed by atoms with Crippen LogP contribution in [0.5, 0.6) is 0 Å². The van der Waals surface area contributed by atoms with Crippen molar-refractivity contribution < 1.29 is 9.31 Å². The number of halogens is 2. The SMILES string of the molecule is Cn1cnc([N+](=O)[O-])c1Nc1ccc(F)c(Cl)c1. The van der Waals surface area contributed by atoms with Crippen LogP contribution < -0.4 is 5.32 Å².